The zero-order valence-corrected chi connectivity index (χ0v) is 12.5. The Morgan fingerprint density at radius 3 is 2.38 bits per heavy atom. The van der Waals surface area contributed by atoms with Gasteiger partial charge < -0.3 is 0 Å². The lowest BCUT2D eigenvalue weighted by atomic mass is 10.2. The number of benzene rings is 2. The Labute approximate surface area is 131 Å². The molecule has 2 aromatic carbocycles. The zero-order chi connectivity index (χ0) is 14.8. The molecular formula is C16H11ClN2OS. The van der Waals surface area contributed by atoms with Gasteiger partial charge in [-0.3, -0.25) is 15.1 Å². The van der Waals surface area contributed by atoms with Crippen LogP contribution in [-0.2, 0) is 4.79 Å². The summed E-state index contributed by atoms with van der Waals surface area (Å²) in [5.74, 6) is -0.175. The van der Waals surface area contributed by atoms with E-state index in [1.165, 1.54) is 4.90 Å². The molecule has 0 saturated carbocycles. The number of anilines is 1. The molecule has 1 amide bonds. The third-order valence-electron chi connectivity index (χ3n) is 3.01. The van der Waals surface area contributed by atoms with Crippen molar-refractivity contribution in [3.8, 4) is 0 Å². The molecule has 104 valence electrons. The van der Waals surface area contributed by atoms with Crippen LogP contribution in [-0.4, -0.2) is 11.1 Å². The first kappa shape index (κ1) is 13.9. The Morgan fingerprint density at radius 1 is 1.05 bits per heavy atom. The SMILES string of the molecule is N=C1SC(=Cc2ccc(Cl)cc2)C(=O)N1c1ccccc1. The van der Waals surface area contributed by atoms with Crippen molar-refractivity contribution in [1.82, 2.24) is 0 Å². The largest absolute Gasteiger partial charge is 0.278 e. The minimum atomic E-state index is -0.175. The second-order valence-electron chi connectivity index (χ2n) is 4.44. The van der Waals surface area contributed by atoms with Gasteiger partial charge in [-0.2, -0.15) is 0 Å². The Balaban J connectivity index is 1.92. The van der Waals surface area contributed by atoms with Gasteiger partial charge in [0.15, 0.2) is 5.17 Å². The highest BCUT2D eigenvalue weighted by molar-refractivity contribution is 8.19. The van der Waals surface area contributed by atoms with Crippen molar-refractivity contribution in [1.29, 1.82) is 5.41 Å². The number of amidine groups is 1. The van der Waals surface area contributed by atoms with Crippen molar-refractivity contribution >= 4 is 46.2 Å². The molecule has 1 heterocycles. The number of carbonyl (C=O) groups is 1. The predicted molar refractivity (Wildman–Crippen MR) is 88.7 cm³/mol. The molecule has 1 aliphatic heterocycles. The highest BCUT2D eigenvalue weighted by Crippen LogP contribution is 2.35. The molecule has 0 bridgehead atoms. The highest BCUT2D eigenvalue weighted by Gasteiger charge is 2.33. The normalized spacial score (nSPS) is 16.8. The van der Waals surface area contributed by atoms with Crippen LogP contribution in [0.25, 0.3) is 6.08 Å². The number of hydrogen-bond acceptors (Lipinski definition) is 3. The molecule has 0 radical (unpaired) electrons. The van der Waals surface area contributed by atoms with E-state index in [9.17, 15) is 4.79 Å². The van der Waals surface area contributed by atoms with Crippen LogP contribution >= 0.6 is 23.4 Å². The first-order chi connectivity index (χ1) is 10.1. The fourth-order valence-corrected chi connectivity index (χ4v) is 3.00. The fraction of sp³-hybridized carbons (Fsp3) is 0. The lowest BCUT2D eigenvalue weighted by molar-refractivity contribution is -0.113. The number of carbonyl (C=O) groups excluding carboxylic acids is 1. The van der Waals surface area contributed by atoms with Crippen molar-refractivity contribution in [2.24, 2.45) is 0 Å². The summed E-state index contributed by atoms with van der Waals surface area (Å²) in [6.45, 7) is 0. The third-order valence-corrected chi connectivity index (χ3v) is 4.15. The molecule has 1 N–H and O–H groups in total. The summed E-state index contributed by atoms with van der Waals surface area (Å²) in [5.41, 5.74) is 1.59. The summed E-state index contributed by atoms with van der Waals surface area (Å²) in [7, 11) is 0. The van der Waals surface area contributed by atoms with Crippen LogP contribution in [0.3, 0.4) is 0 Å². The van der Waals surface area contributed by atoms with Crippen LogP contribution in [0.4, 0.5) is 5.69 Å². The highest BCUT2D eigenvalue weighted by atomic mass is 35.5. The average molecular weight is 315 g/mol. The lowest BCUT2D eigenvalue weighted by Crippen LogP contribution is -2.27. The van der Waals surface area contributed by atoms with E-state index in [0.29, 0.717) is 15.6 Å². The molecule has 3 nitrogen and oxygen atoms in total. The van der Waals surface area contributed by atoms with Crippen molar-refractivity contribution in [2.75, 3.05) is 4.90 Å². The van der Waals surface area contributed by atoms with E-state index >= 15 is 0 Å². The minimum Gasteiger partial charge on any atom is -0.278 e. The van der Waals surface area contributed by atoms with E-state index < -0.39 is 0 Å². The molecule has 1 saturated heterocycles. The molecule has 0 aromatic heterocycles. The van der Waals surface area contributed by atoms with Crippen molar-refractivity contribution in [3.05, 3.63) is 70.1 Å². The van der Waals surface area contributed by atoms with E-state index in [4.69, 9.17) is 17.0 Å². The van der Waals surface area contributed by atoms with Crippen molar-refractivity contribution in [2.45, 2.75) is 0 Å². The summed E-state index contributed by atoms with van der Waals surface area (Å²) in [6.07, 6.45) is 1.78. The summed E-state index contributed by atoms with van der Waals surface area (Å²) in [4.78, 5) is 14.4. The fourth-order valence-electron chi connectivity index (χ4n) is 2.01. The first-order valence-corrected chi connectivity index (χ1v) is 7.48. The maximum atomic E-state index is 12.5. The lowest BCUT2D eigenvalue weighted by Gasteiger charge is -2.13. The molecule has 0 atom stereocenters. The van der Waals surface area contributed by atoms with E-state index in [0.717, 1.165) is 17.3 Å². The van der Waals surface area contributed by atoms with Gasteiger partial charge in [0.1, 0.15) is 0 Å². The van der Waals surface area contributed by atoms with Gasteiger partial charge in [0, 0.05) is 5.02 Å². The molecule has 21 heavy (non-hydrogen) atoms. The monoisotopic (exact) mass is 314 g/mol. The minimum absolute atomic E-state index is 0.175. The second kappa shape index (κ2) is 5.76. The van der Waals surface area contributed by atoms with Crippen LogP contribution in [0.15, 0.2) is 59.5 Å². The number of halogens is 1. The zero-order valence-electron chi connectivity index (χ0n) is 10.9. The Morgan fingerprint density at radius 2 is 1.71 bits per heavy atom. The van der Waals surface area contributed by atoms with Crippen LogP contribution in [0.5, 0.6) is 0 Å². The van der Waals surface area contributed by atoms with Gasteiger partial charge in [-0.15, -0.1) is 0 Å². The molecular weight excluding hydrogens is 304 g/mol. The third kappa shape index (κ3) is 2.86. The maximum absolute atomic E-state index is 12.5. The number of amides is 1. The molecule has 2 aromatic rings. The first-order valence-electron chi connectivity index (χ1n) is 6.28. The number of rotatable bonds is 2. The van der Waals surface area contributed by atoms with Crippen LogP contribution in [0.1, 0.15) is 5.56 Å². The molecule has 3 rings (SSSR count). The summed E-state index contributed by atoms with van der Waals surface area (Å²) in [6, 6.07) is 16.5. The van der Waals surface area contributed by atoms with Gasteiger partial charge in [-0.25, -0.2) is 0 Å². The van der Waals surface area contributed by atoms with Crippen LogP contribution in [0, 0.1) is 5.41 Å². The topological polar surface area (TPSA) is 44.2 Å². The number of nitrogens with zero attached hydrogens (tertiary/aromatic N) is 1. The molecule has 1 fully saturated rings. The smallest absolute Gasteiger partial charge is 0.271 e. The van der Waals surface area contributed by atoms with Gasteiger partial charge in [-0.05, 0) is 47.7 Å². The molecule has 1 aliphatic rings. The van der Waals surface area contributed by atoms with E-state index in [1.807, 2.05) is 42.5 Å². The summed E-state index contributed by atoms with van der Waals surface area (Å²) >= 11 is 7.01. The van der Waals surface area contributed by atoms with E-state index in [-0.39, 0.29) is 11.1 Å². The van der Waals surface area contributed by atoms with Gasteiger partial charge in [-0.1, -0.05) is 41.9 Å². The van der Waals surface area contributed by atoms with Gasteiger partial charge in [0.25, 0.3) is 5.91 Å². The van der Waals surface area contributed by atoms with Crippen LogP contribution in [0.2, 0.25) is 5.02 Å². The van der Waals surface area contributed by atoms with Gasteiger partial charge >= 0.3 is 0 Å². The van der Waals surface area contributed by atoms with Gasteiger partial charge in [0.05, 0.1) is 10.6 Å². The number of hydrogen-bond donors (Lipinski definition) is 1. The molecule has 0 aliphatic carbocycles. The van der Waals surface area contributed by atoms with E-state index in [2.05, 4.69) is 0 Å². The summed E-state index contributed by atoms with van der Waals surface area (Å²) < 4.78 is 0. The maximum Gasteiger partial charge on any atom is 0.271 e. The summed E-state index contributed by atoms with van der Waals surface area (Å²) in [5, 5.41) is 8.88. The van der Waals surface area contributed by atoms with Crippen molar-refractivity contribution in [3.63, 3.8) is 0 Å². The average Bonchev–Trinajstić information content (AvgIpc) is 2.77. The Hall–Kier alpha value is -2.04. The quantitative estimate of drug-likeness (QED) is 0.835. The molecule has 0 unspecified atom stereocenters. The second-order valence-corrected chi connectivity index (χ2v) is 5.91. The van der Waals surface area contributed by atoms with Crippen molar-refractivity contribution < 1.29 is 4.79 Å². The standard InChI is InChI=1S/C16H11ClN2OS/c17-12-8-6-11(7-9-12)10-14-15(20)19(16(18)21-14)13-4-2-1-3-5-13/h1-10,18H. The predicted octanol–water partition coefficient (Wildman–Crippen LogP) is 4.40. The van der Waals surface area contributed by atoms with Crippen LogP contribution < -0.4 is 4.90 Å². The van der Waals surface area contributed by atoms with E-state index in [1.54, 1.807) is 18.2 Å². The van der Waals surface area contributed by atoms with Gasteiger partial charge in [0.2, 0.25) is 0 Å². The number of thioether (sulfide) groups is 1. The molecule has 5 heteroatoms. The Kier molecular flexibility index (Phi) is 3.82. The number of nitrogens with one attached hydrogen (secondary N) is 1. The Bertz CT molecular complexity index is 726. The number of para-hydroxylation sites is 1. The molecule has 0 spiro atoms.